The minimum absolute atomic E-state index is 0.0325. The zero-order chi connectivity index (χ0) is 16.5. The Hall–Kier alpha value is -2.35. The fraction of sp³-hybridized carbons (Fsp3) is 0.471. The molecule has 1 aromatic rings. The van der Waals surface area contributed by atoms with E-state index in [1.165, 1.54) is 0 Å². The Morgan fingerprint density at radius 3 is 2.45 bits per heavy atom. The van der Waals surface area contributed by atoms with Crippen LogP contribution in [0.1, 0.15) is 30.9 Å². The van der Waals surface area contributed by atoms with Crippen LogP contribution in [0.4, 0.5) is 0 Å². The van der Waals surface area contributed by atoms with E-state index in [9.17, 15) is 9.59 Å². The number of rotatable bonds is 8. The van der Waals surface area contributed by atoms with Crippen LogP contribution in [0.15, 0.2) is 18.2 Å². The van der Waals surface area contributed by atoms with E-state index < -0.39 is 17.6 Å². The largest absolute Gasteiger partial charge is 0.493 e. The molecule has 22 heavy (non-hydrogen) atoms. The number of carbonyl (C=O) groups excluding carboxylic acids is 2. The molecule has 1 rings (SSSR count). The lowest BCUT2D eigenvalue weighted by Crippen LogP contribution is -2.35. The van der Waals surface area contributed by atoms with E-state index in [1.54, 1.807) is 6.07 Å². The molecule has 0 saturated heterocycles. The van der Waals surface area contributed by atoms with Crippen LogP contribution in [0.2, 0.25) is 0 Å². The third-order valence-electron chi connectivity index (χ3n) is 3.07. The molecule has 0 bridgehead atoms. The van der Waals surface area contributed by atoms with Crippen molar-refractivity contribution in [2.45, 2.75) is 33.6 Å². The first-order valence-electron chi connectivity index (χ1n) is 7.39. The molecular formula is C17H22N2O3. The summed E-state index contributed by atoms with van der Waals surface area (Å²) in [5, 5.41) is 11.5. The summed E-state index contributed by atoms with van der Waals surface area (Å²) >= 11 is 0. The quantitative estimate of drug-likeness (QED) is 0.747. The van der Waals surface area contributed by atoms with Gasteiger partial charge in [-0.1, -0.05) is 13.0 Å². The molecule has 0 aliphatic carbocycles. The lowest BCUT2D eigenvalue weighted by Gasteiger charge is -2.10. The zero-order valence-electron chi connectivity index (χ0n) is 13.3. The van der Waals surface area contributed by atoms with Gasteiger partial charge in [0.15, 0.2) is 11.7 Å². The van der Waals surface area contributed by atoms with Gasteiger partial charge in [-0.3, -0.25) is 9.59 Å². The van der Waals surface area contributed by atoms with Crippen molar-refractivity contribution < 1.29 is 14.3 Å². The van der Waals surface area contributed by atoms with Crippen molar-refractivity contribution in [3.63, 3.8) is 0 Å². The molecule has 1 atom stereocenters. The molecule has 0 spiro atoms. The summed E-state index contributed by atoms with van der Waals surface area (Å²) < 4.78 is 5.53. The first-order chi connectivity index (χ1) is 10.5. The molecule has 118 valence electrons. The summed E-state index contributed by atoms with van der Waals surface area (Å²) in [5.41, 5.74) is 2.16. The number of hydrogen-bond acceptors (Lipinski definition) is 4. The first kappa shape index (κ1) is 17.7. The highest BCUT2D eigenvalue weighted by molar-refractivity contribution is 6.03. The van der Waals surface area contributed by atoms with Crippen molar-refractivity contribution in [1.29, 1.82) is 5.26 Å². The summed E-state index contributed by atoms with van der Waals surface area (Å²) in [6.07, 6.45) is 0.790. The van der Waals surface area contributed by atoms with Gasteiger partial charge in [-0.05, 0) is 43.5 Å². The van der Waals surface area contributed by atoms with Gasteiger partial charge in [0, 0.05) is 13.0 Å². The molecule has 5 nitrogen and oxygen atoms in total. The van der Waals surface area contributed by atoms with Crippen LogP contribution in [-0.2, 0) is 9.59 Å². The maximum absolute atomic E-state index is 11.9. The maximum Gasteiger partial charge on any atom is 0.245 e. The van der Waals surface area contributed by atoms with Crippen LogP contribution < -0.4 is 10.1 Å². The summed E-state index contributed by atoms with van der Waals surface area (Å²) in [6, 6.07) is 7.55. The third kappa shape index (κ3) is 5.57. The second-order valence-electron chi connectivity index (χ2n) is 5.24. The number of ether oxygens (including phenoxy) is 1. The average molecular weight is 302 g/mol. The third-order valence-corrected chi connectivity index (χ3v) is 3.07. The van der Waals surface area contributed by atoms with Crippen molar-refractivity contribution >= 4 is 11.7 Å². The predicted molar refractivity (Wildman–Crippen MR) is 83.4 cm³/mol. The molecule has 0 aliphatic heterocycles. The number of nitriles is 1. The highest BCUT2D eigenvalue weighted by Crippen LogP contribution is 2.16. The van der Waals surface area contributed by atoms with Gasteiger partial charge in [0.25, 0.3) is 0 Å². The molecule has 0 aromatic heterocycles. The van der Waals surface area contributed by atoms with Crippen molar-refractivity contribution in [2.24, 2.45) is 5.92 Å². The fourth-order valence-electron chi connectivity index (χ4n) is 2.06. The van der Waals surface area contributed by atoms with Crippen molar-refractivity contribution in [3.05, 3.63) is 29.3 Å². The summed E-state index contributed by atoms with van der Waals surface area (Å²) in [7, 11) is 0. The number of nitrogens with one attached hydrogen (secondary N) is 1. The number of hydrogen-bond donors (Lipinski definition) is 1. The number of carbonyl (C=O) groups is 2. The van der Waals surface area contributed by atoms with Gasteiger partial charge in [-0.25, -0.2) is 0 Å². The molecular weight excluding hydrogens is 280 g/mol. The second kappa shape index (κ2) is 8.83. The monoisotopic (exact) mass is 302 g/mol. The molecule has 1 amide bonds. The molecule has 1 unspecified atom stereocenters. The van der Waals surface area contributed by atoms with Crippen LogP contribution in [0.3, 0.4) is 0 Å². The van der Waals surface area contributed by atoms with Crippen LogP contribution in [-0.4, -0.2) is 24.8 Å². The number of ketones is 1. The van der Waals surface area contributed by atoms with Crippen molar-refractivity contribution in [2.75, 3.05) is 13.2 Å². The smallest absolute Gasteiger partial charge is 0.245 e. The highest BCUT2D eigenvalue weighted by Gasteiger charge is 2.25. The Labute approximate surface area is 131 Å². The Bertz CT molecular complexity index is 556. The molecule has 0 heterocycles. The van der Waals surface area contributed by atoms with E-state index in [0.717, 1.165) is 17.5 Å². The van der Waals surface area contributed by atoms with Crippen LogP contribution >= 0.6 is 0 Å². The predicted octanol–water partition coefficient (Wildman–Crippen LogP) is 2.31. The Balaban J connectivity index is 2.50. The zero-order valence-corrected chi connectivity index (χ0v) is 13.3. The van der Waals surface area contributed by atoms with Gasteiger partial charge in [-0.15, -0.1) is 0 Å². The highest BCUT2D eigenvalue weighted by atomic mass is 16.5. The average Bonchev–Trinajstić information content (AvgIpc) is 2.44. The van der Waals surface area contributed by atoms with E-state index in [-0.39, 0.29) is 13.0 Å². The van der Waals surface area contributed by atoms with Gasteiger partial charge >= 0.3 is 0 Å². The van der Waals surface area contributed by atoms with E-state index in [4.69, 9.17) is 10.00 Å². The molecule has 0 radical (unpaired) electrons. The van der Waals surface area contributed by atoms with Crippen molar-refractivity contribution in [1.82, 2.24) is 5.32 Å². The SMILES string of the molecule is CCCNC(=O)C(C#N)C(=O)CCOc1cc(C)cc(C)c1. The molecule has 5 heteroatoms. The molecule has 0 aliphatic rings. The minimum atomic E-state index is -1.26. The Morgan fingerprint density at radius 2 is 1.91 bits per heavy atom. The van der Waals surface area contributed by atoms with E-state index in [1.807, 2.05) is 39.0 Å². The van der Waals surface area contributed by atoms with Crippen LogP contribution in [0.5, 0.6) is 5.75 Å². The number of Topliss-reactive ketones (excluding diaryl/α,β-unsaturated/α-hetero) is 1. The Morgan fingerprint density at radius 1 is 1.27 bits per heavy atom. The number of amides is 1. The molecule has 1 N–H and O–H groups in total. The van der Waals surface area contributed by atoms with E-state index >= 15 is 0 Å². The number of nitrogens with zero attached hydrogens (tertiary/aromatic N) is 1. The molecule has 0 saturated carbocycles. The van der Waals surface area contributed by atoms with Gasteiger partial charge in [0.1, 0.15) is 5.75 Å². The lowest BCUT2D eigenvalue weighted by molar-refractivity contribution is -0.131. The fourth-order valence-corrected chi connectivity index (χ4v) is 2.06. The van der Waals surface area contributed by atoms with E-state index in [0.29, 0.717) is 12.3 Å². The van der Waals surface area contributed by atoms with Crippen LogP contribution in [0, 0.1) is 31.1 Å². The summed E-state index contributed by atoms with van der Waals surface area (Å²) in [5.74, 6) is -1.51. The molecule has 1 aromatic carbocycles. The van der Waals surface area contributed by atoms with Crippen molar-refractivity contribution in [3.8, 4) is 11.8 Å². The normalized spacial score (nSPS) is 11.4. The second-order valence-corrected chi connectivity index (χ2v) is 5.24. The standard InChI is InChI=1S/C17H22N2O3/c1-4-6-19-17(21)15(11-18)16(20)5-7-22-14-9-12(2)8-13(3)10-14/h8-10,15H,4-7H2,1-3H3,(H,19,21). The topological polar surface area (TPSA) is 79.2 Å². The summed E-state index contributed by atoms with van der Waals surface area (Å²) in [4.78, 5) is 23.6. The van der Waals surface area contributed by atoms with Crippen LogP contribution in [0.25, 0.3) is 0 Å². The lowest BCUT2D eigenvalue weighted by atomic mass is 10.0. The molecule has 0 fully saturated rings. The summed E-state index contributed by atoms with van der Waals surface area (Å²) in [6.45, 7) is 6.45. The van der Waals surface area contributed by atoms with E-state index in [2.05, 4.69) is 5.32 Å². The minimum Gasteiger partial charge on any atom is -0.493 e. The number of benzene rings is 1. The van der Waals surface area contributed by atoms with Gasteiger partial charge in [-0.2, -0.15) is 5.26 Å². The van der Waals surface area contributed by atoms with Gasteiger partial charge < -0.3 is 10.1 Å². The first-order valence-corrected chi connectivity index (χ1v) is 7.39. The number of aryl methyl sites for hydroxylation is 2. The maximum atomic E-state index is 11.9. The van der Waals surface area contributed by atoms with Gasteiger partial charge in [0.05, 0.1) is 12.7 Å². The van der Waals surface area contributed by atoms with Gasteiger partial charge in [0.2, 0.25) is 5.91 Å². The Kier molecular flexibility index (Phi) is 7.11.